The zero-order valence-electron chi connectivity index (χ0n) is 15.1. The van der Waals surface area contributed by atoms with E-state index in [2.05, 4.69) is 15.3 Å². The summed E-state index contributed by atoms with van der Waals surface area (Å²) in [4.78, 5) is 20.5. The second kappa shape index (κ2) is 9.33. The van der Waals surface area contributed by atoms with Crippen LogP contribution < -0.4 is 14.8 Å². The smallest absolute Gasteiger partial charge is 0.251 e. The molecule has 0 radical (unpaired) electrons. The molecule has 0 aliphatic rings. The first kappa shape index (κ1) is 18.4. The maximum atomic E-state index is 12.4. The van der Waals surface area contributed by atoms with E-state index >= 15 is 0 Å². The number of amides is 1. The fraction of sp³-hybridized carbons (Fsp3) is 0.190. The number of carbonyl (C=O) groups is 1. The topological polar surface area (TPSA) is 73.3 Å². The molecule has 0 fully saturated rings. The molecule has 0 aliphatic carbocycles. The number of hydrogen-bond acceptors (Lipinski definition) is 5. The highest BCUT2D eigenvalue weighted by molar-refractivity contribution is 5.94. The van der Waals surface area contributed by atoms with Crippen LogP contribution in [0.2, 0.25) is 0 Å². The minimum Gasteiger partial charge on any atom is -0.490 e. The molecule has 0 spiro atoms. The van der Waals surface area contributed by atoms with Crippen LogP contribution in [-0.4, -0.2) is 22.5 Å². The van der Waals surface area contributed by atoms with E-state index in [-0.39, 0.29) is 5.91 Å². The Morgan fingerprint density at radius 2 is 1.81 bits per heavy atom. The molecule has 2 aromatic heterocycles. The molecule has 1 N–H and O–H groups in total. The Bertz CT molecular complexity index is 870. The Morgan fingerprint density at radius 3 is 2.56 bits per heavy atom. The first-order valence-electron chi connectivity index (χ1n) is 8.72. The van der Waals surface area contributed by atoms with Crippen molar-refractivity contribution in [3.63, 3.8) is 0 Å². The van der Waals surface area contributed by atoms with Gasteiger partial charge in [0.25, 0.3) is 5.91 Å². The van der Waals surface area contributed by atoms with Gasteiger partial charge in [-0.3, -0.25) is 14.8 Å². The molecular formula is C21H21N3O3. The van der Waals surface area contributed by atoms with E-state index in [0.29, 0.717) is 36.8 Å². The standard InChI is InChI=1S/C21H21N3O3/c1-2-26-20-12-18(21(25)24-14-17-4-3-9-23-13-17)5-6-19(20)27-15-16-7-10-22-11-8-16/h3-13H,2,14-15H2,1H3,(H,24,25). The number of ether oxygens (including phenoxy) is 2. The van der Waals surface area contributed by atoms with E-state index in [4.69, 9.17) is 9.47 Å². The predicted molar refractivity (Wildman–Crippen MR) is 102 cm³/mol. The molecule has 27 heavy (non-hydrogen) atoms. The second-order valence-electron chi connectivity index (χ2n) is 5.78. The highest BCUT2D eigenvalue weighted by Gasteiger charge is 2.12. The highest BCUT2D eigenvalue weighted by atomic mass is 16.5. The molecule has 0 aliphatic heterocycles. The van der Waals surface area contributed by atoms with Crippen molar-refractivity contribution in [3.8, 4) is 11.5 Å². The predicted octanol–water partition coefficient (Wildman–Crippen LogP) is 3.38. The van der Waals surface area contributed by atoms with Crippen molar-refractivity contribution in [2.24, 2.45) is 0 Å². The summed E-state index contributed by atoms with van der Waals surface area (Å²) in [6, 6.07) is 12.7. The molecule has 1 aromatic carbocycles. The molecule has 3 rings (SSSR count). The SMILES string of the molecule is CCOc1cc(C(=O)NCc2cccnc2)ccc1OCc1ccncc1. The van der Waals surface area contributed by atoms with Crippen LogP contribution in [0.5, 0.6) is 11.5 Å². The lowest BCUT2D eigenvalue weighted by molar-refractivity contribution is 0.0950. The number of rotatable bonds is 8. The third-order valence-corrected chi connectivity index (χ3v) is 3.83. The summed E-state index contributed by atoms with van der Waals surface area (Å²) in [5.74, 6) is 0.957. The van der Waals surface area contributed by atoms with Crippen LogP contribution in [0.25, 0.3) is 0 Å². The van der Waals surface area contributed by atoms with Crippen molar-refractivity contribution in [3.05, 3.63) is 83.9 Å². The molecule has 3 aromatic rings. The number of nitrogens with one attached hydrogen (secondary N) is 1. The normalized spacial score (nSPS) is 10.3. The average Bonchev–Trinajstić information content (AvgIpc) is 2.73. The monoisotopic (exact) mass is 363 g/mol. The fourth-order valence-electron chi connectivity index (χ4n) is 2.46. The van der Waals surface area contributed by atoms with Crippen molar-refractivity contribution in [1.82, 2.24) is 15.3 Å². The minimum absolute atomic E-state index is 0.180. The Hall–Kier alpha value is -3.41. The van der Waals surface area contributed by atoms with Gasteiger partial charge in [-0.05, 0) is 54.4 Å². The summed E-state index contributed by atoms with van der Waals surface area (Å²) in [6.07, 6.45) is 6.86. The number of nitrogens with zero attached hydrogens (tertiary/aromatic N) is 2. The van der Waals surface area contributed by atoms with Crippen molar-refractivity contribution in [2.45, 2.75) is 20.1 Å². The van der Waals surface area contributed by atoms with Gasteiger partial charge in [-0.1, -0.05) is 6.07 Å². The number of pyridine rings is 2. The van der Waals surface area contributed by atoms with Crippen LogP contribution in [0.3, 0.4) is 0 Å². The maximum absolute atomic E-state index is 12.4. The van der Waals surface area contributed by atoms with Crippen molar-refractivity contribution >= 4 is 5.91 Å². The molecule has 6 nitrogen and oxygen atoms in total. The summed E-state index contributed by atoms with van der Waals surface area (Å²) < 4.78 is 11.5. The van der Waals surface area contributed by atoms with Gasteiger partial charge in [-0.25, -0.2) is 0 Å². The lowest BCUT2D eigenvalue weighted by atomic mass is 10.1. The molecule has 0 saturated heterocycles. The third-order valence-electron chi connectivity index (χ3n) is 3.83. The number of aromatic nitrogens is 2. The zero-order chi connectivity index (χ0) is 18.9. The Morgan fingerprint density at radius 1 is 0.963 bits per heavy atom. The second-order valence-corrected chi connectivity index (χ2v) is 5.78. The van der Waals surface area contributed by atoms with Gasteiger partial charge in [-0.2, -0.15) is 0 Å². The lowest BCUT2D eigenvalue weighted by Gasteiger charge is -2.13. The number of hydrogen-bond donors (Lipinski definition) is 1. The van der Waals surface area contributed by atoms with Gasteiger partial charge in [-0.15, -0.1) is 0 Å². The summed E-state index contributed by atoms with van der Waals surface area (Å²) in [7, 11) is 0. The zero-order valence-corrected chi connectivity index (χ0v) is 15.1. The van der Waals surface area contributed by atoms with Crippen molar-refractivity contribution in [1.29, 1.82) is 0 Å². The van der Waals surface area contributed by atoms with Gasteiger partial charge in [0.1, 0.15) is 6.61 Å². The molecule has 2 heterocycles. The van der Waals surface area contributed by atoms with Crippen molar-refractivity contribution in [2.75, 3.05) is 6.61 Å². The van der Waals surface area contributed by atoms with Crippen LogP contribution >= 0.6 is 0 Å². The van der Waals surface area contributed by atoms with E-state index in [1.54, 1.807) is 43.0 Å². The van der Waals surface area contributed by atoms with E-state index in [1.807, 2.05) is 31.2 Å². The van der Waals surface area contributed by atoms with E-state index in [0.717, 1.165) is 11.1 Å². The largest absolute Gasteiger partial charge is 0.490 e. The quantitative estimate of drug-likeness (QED) is 0.664. The van der Waals surface area contributed by atoms with Gasteiger partial charge in [0.05, 0.1) is 6.61 Å². The van der Waals surface area contributed by atoms with Crippen LogP contribution in [0.4, 0.5) is 0 Å². The Balaban J connectivity index is 1.67. The van der Waals surface area contributed by atoms with Gasteiger partial charge >= 0.3 is 0 Å². The Kier molecular flexibility index (Phi) is 6.35. The van der Waals surface area contributed by atoms with Gasteiger partial charge < -0.3 is 14.8 Å². The van der Waals surface area contributed by atoms with Crippen LogP contribution in [0.15, 0.2) is 67.3 Å². The Labute approximate surface area is 158 Å². The third kappa shape index (κ3) is 5.28. The lowest BCUT2D eigenvalue weighted by Crippen LogP contribution is -2.22. The van der Waals surface area contributed by atoms with E-state index in [1.165, 1.54) is 0 Å². The fourth-order valence-corrected chi connectivity index (χ4v) is 2.46. The summed E-state index contributed by atoms with van der Waals surface area (Å²) in [5, 5.41) is 2.88. The minimum atomic E-state index is -0.180. The van der Waals surface area contributed by atoms with Crippen LogP contribution in [-0.2, 0) is 13.2 Å². The maximum Gasteiger partial charge on any atom is 0.251 e. The molecule has 138 valence electrons. The molecule has 0 saturated carbocycles. The van der Waals surface area contributed by atoms with Gasteiger partial charge in [0, 0.05) is 36.9 Å². The molecule has 0 unspecified atom stereocenters. The molecular weight excluding hydrogens is 342 g/mol. The van der Waals surface area contributed by atoms with Crippen LogP contribution in [0.1, 0.15) is 28.4 Å². The number of carbonyl (C=O) groups excluding carboxylic acids is 1. The molecule has 0 bridgehead atoms. The van der Waals surface area contributed by atoms with Crippen molar-refractivity contribution < 1.29 is 14.3 Å². The summed E-state index contributed by atoms with van der Waals surface area (Å²) in [6.45, 7) is 3.18. The average molecular weight is 363 g/mol. The molecule has 1 amide bonds. The van der Waals surface area contributed by atoms with Gasteiger partial charge in [0.2, 0.25) is 0 Å². The number of benzene rings is 1. The van der Waals surface area contributed by atoms with Crippen LogP contribution in [0, 0.1) is 0 Å². The first-order chi connectivity index (χ1) is 13.3. The molecule has 6 heteroatoms. The molecule has 0 atom stereocenters. The summed E-state index contributed by atoms with van der Waals surface area (Å²) >= 11 is 0. The van der Waals surface area contributed by atoms with E-state index < -0.39 is 0 Å². The highest BCUT2D eigenvalue weighted by Crippen LogP contribution is 2.29. The van der Waals surface area contributed by atoms with E-state index in [9.17, 15) is 4.79 Å². The van der Waals surface area contributed by atoms with Gasteiger partial charge in [0.15, 0.2) is 11.5 Å². The first-order valence-corrected chi connectivity index (χ1v) is 8.72. The summed E-state index contributed by atoms with van der Waals surface area (Å²) in [5.41, 5.74) is 2.46.